The molecule has 0 radical (unpaired) electrons. The minimum Gasteiger partial charge on any atom is -0.492 e. The number of ether oxygens (including phenoxy) is 1. The van der Waals surface area contributed by atoms with Crippen molar-refractivity contribution in [3.63, 3.8) is 0 Å². The number of halogens is 1. The number of nitrogens with zero attached hydrogens (tertiary/aromatic N) is 2. The van der Waals surface area contributed by atoms with E-state index >= 15 is 0 Å². The number of hydrogen-bond acceptors (Lipinski definition) is 3. The van der Waals surface area contributed by atoms with Gasteiger partial charge < -0.3 is 10.1 Å². The lowest BCUT2D eigenvalue weighted by Gasteiger charge is -2.08. The zero-order chi connectivity index (χ0) is 12.8. The lowest BCUT2D eigenvalue weighted by atomic mass is 10.3. The smallest absolute Gasteiger partial charge is 0.120 e. The maximum atomic E-state index is 5.62. The number of nitrogens with one attached hydrogen (secondary N) is 1. The quantitative estimate of drug-likeness (QED) is 0.833. The molecule has 1 aromatic heterocycles. The Morgan fingerprint density at radius 1 is 1.39 bits per heavy atom. The van der Waals surface area contributed by atoms with Crippen LogP contribution in [0.3, 0.4) is 0 Å². The van der Waals surface area contributed by atoms with E-state index in [1.54, 1.807) is 6.20 Å². The van der Waals surface area contributed by atoms with Crippen LogP contribution >= 0.6 is 15.9 Å². The second-order valence-electron chi connectivity index (χ2n) is 3.93. The molecule has 0 amide bonds. The molecular formula is C13H16BrN3O. The number of rotatable bonds is 6. The van der Waals surface area contributed by atoms with Crippen LogP contribution in [0.25, 0.3) is 0 Å². The summed E-state index contributed by atoms with van der Waals surface area (Å²) in [5.74, 6) is 0.881. The van der Waals surface area contributed by atoms with Gasteiger partial charge in [0.25, 0.3) is 0 Å². The molecule has 0 saturated heterocycles. The second kappa shape index (κ2) is 6.56. The molecule has 0 bridgehead atoms. The molecule has 0 atom stereocenters. The normalized spacial score (nSPS) is 10.6. The highest BCUT2D eigenvalue weighted by Crippen LogP contribution is 2.17. The van der Waals surface area contributed by atoms with Crippen molar-refractivity contribution in [2.24, 2.45) is 7.05 Å². The molecule has 1 aromatic carbocycles. The van der Waals surface area contributed by atoms with Crippen LogP contribution in [0.4, 0.5) is 0 Å². The molecule has 1 heterocycles. The first-order valence-electron chi connectivity index (χ1n) is 5.81. The van der Waals surface area contributed by atoms with Crippen LogP contribution in [0.1, 0.15) is 5.69 Å². The zero-order valence-electron chi connectivity index (χ0n) is 10.3. The van der Waals surface area contributed by atoms with Crippen molar-refractivity contribution in [1.82, 2.24) is 15.1 Å². The molecule has 2 aromatic rings. The van der Waals surface area contributed by atoms with Crippen molar-refractivity contribution in [3.8, 4) is 5.75 Å². The van der Waals surface area contributed by atoms with Gasteiger partial charge in [0.2, 0.25) is 0 Å². The maximum Gasteiger partial charge on any atom is 0.120 e. The van der Waals surface area contributed by atoms with E-state index in [1.165, 1.54) is 0 Å². The van der Waals surface area contributed by atoms with Crippen LogP contribution in [-0.4, -0.2) is 22.9 Å². The van der Waals surface area contributed by atoms with E-state index in [0.717, 1.165) is 29.0 Å². The Morgan fingerprint density at radius 2 is 2.28 bits per heavy atom. The van der Waals surface area contributed by atoms with Gasteiger partial charge in [0.1, 0.15) is 12.4 Å². The van der Waals surface area contributed by atoms with Gasteiger partial charge in [-0.3, -0.25) is 4.68 Å². The molecule has 0 aliphatic rings. The molecule has 0 spiro atoms. The summed E-state index contributed by atoms with van der Waals surface area (Å²) >= 11 is 3.41. The number of hydrogen-bond donors (Lipinski definition) is 1. The van der Waals surface area contributed by atoms with Crippen molar-refractivity contribution < 1.29 is 4.74 Å². The average molecular weight is 310 g/mol. The highest BCUT2D eigenvalue weighted by molar-refractivity contribution is 9.10. The number of benzene rings is 1. The van der Waals surface area contributed by atoms with Crippen molar-refractivity contribution in [2.75, 3.05) is 13.2 Å². The van der Waals surface area contributed by atoms with Gasteiger partial charge in [0.05, 0.1) is 5.69 Å². The summed E-state index contributed by atoms with van der Waals surface area (Å²) in [7, 11) is 1.94. The van der Waals surface area contributed by atoms with Crippen molar-refractivity contribution in [2.45, 2.75) is 6.54 Å². The third kappa shape index (κ3) is 3.85. The molecule has 0 aliphatic carbocycles. The van der Waals surface area contributed by atoms with Crippen LogP contribution in [0, 0.1) is 0 Å². The third-order valence-corrected chi connectivity index (χ3v) is 3.07. The summed E-state index contributed by atoms with van der Waals surface area (Å²) < 4.78 is 8.52. The molecule has 18 heavy (non-hydrogen) atoms. The molecule has 1 N–H and O–H groups in total. The standard InChI is InChI=1S/C13H16BrN3O/c1-17-12(5-6-16-17)10-15-7-8-18-13-4-2-3-11(14)9-13/h2-6,9,15H,7-8,10H2,1H3. The van der Waals surface area contributed by atoms with Gasteiger partial charge in [-0.2, -0.15) is 5.10 Å². The molecule has 0 saturated carbocycles. The maximum absolute atomic E-state index is 5.62. The largest absolute Gasteiger partial charge is 0.492 e. The lowest BCUT2D eigenvalue weighted by molar-refractivity contribution is 0.313. The van der Waals surface area contributed by atoms with E-state index in [2.05, 4.69) is 26.3 Å². The highest BCUT2D eigenvalue weighted by atomic mass is 79.9. The second-order valence-corrected chi connectivity index (χ2v) is 4.84. The topological polar surface area (TPSA) is 39.1 Å². The van der Waals surface area contributed by atoms with Gasteiger partial charge in [-0.05, 0) is 24.3 Å². The Balaban J connectivity index is 1.66. The third-order valence-electron chi connectivity index (χ3n) is 2.57. The van der Waals surface area contributed by atoms with Crippen molar-refractivity contribution in [3.05, 3.63) is 46.7 Å². The van der Waals surface area contributed by atoms with Crippen molar-refractivity contribution in [1.29, 1.82) is 0 Å². The number of aromatic nitrogens is 2. The van der Waals surface area contributed by atoms with E-state index < -0.39 is 0 Å². The summed E-state index contributed by atoms with van der Waals surface area (Å²) in [6.07, 6.45) is 1.80. The summed E-state index contributed by atoms with van der Waals surface area (Å²) in [6.45, 7) is 2.25. The minimum atomic E-state index is 0.647. The number of aryl methyl sites for hydroxylation is 1. The summed E-state index contributed by atoms with van der Waals surface area (Å²) in [6, 6.07) is 9.85. The first-order chi connectivity index (χ1) is 8.75. The Kier molecular flexibility index (Phi) is 4.78. The summed E-state index contributed by atoms with van der Waals surface area (Å²) in [5.41, 5.74) is 1.16. The van der Waals surface area contributed by atoms with Gasteiger partial charge in [0, 0.05) is 30.8 Å². The van der Waals surface area contributed by atoms with Crippen LogP contribution in [0.2, 0.25) is 0 Å². The van der Waals surface area contributed by atoms with Crippen LogP contribution in [-0.2, 0) is 13.6 Å². The molecule has 2 rings (SSSR count). The minimum absolute atomic E-state index is 0.647. The predicted octanol–water partition coefficient (Wildman–Crippen LogP) is 2.35. The van der Waals surface area contributed by atoms with Crippen LogP contribution in [0.5, 0.6) is 5.75 Å². The SMILES string of the molecule is Cn1nccc1CNCCOc1cccc(Br)c1. The Bertz CT molecular complexity index is 498. The fraction of sp³-hybridized carbons (Fsp3) is 0.308. The van der Waals surface area contributed by atoms with Gasteiger partial charge in [-0.25, -0.2) is 0 Å². The Morgan fingerprint density at radius 3 is 3.00 bits per heavy atom. The molecule has 5 heteroatoms. The van der Waals surface area contributed by atoms with E-state index in [1.807, 2.05) is 42.1 Å². The molecular weight excluding hydrogens is 294 g/mol. The average Bonchev–Trinajstić information content (AvgIpc) is 2.75. The van der Waals surface area contributed by atoms with Crippen LogP contribution in [0.15, 0.2) is 41.0 Å². The molecule has 0 fully saturated rings. The summed E-state index contributed by atoms with van der Waals surface area (Å²) in [4.78, 5) is 0. The van der Waals surface area contributed by atoms with E-state index in [9.17, 15) is 0 Å². The monoisotopic (exact) mass is 309 g/mol. The van der Waals surface area contributed by atoms with Gasteiger partial charge in [-0.1, -0.05) is 22.0 Å². The Hall–Kier alpha value is -1.33. The van der Waals surface area contributed by atoms with Crippen molar-refractivity contribution >= 4 is 15.9 Å². The highest BCUT2D eigenvalue weighted by Gasteiger charge is 1.98. The molecule has 0 aliphatic heterocycles. The fourth-order valence-corrected chi connectivity index (χ4v) is 1.97. The predicted molar refractivity (Wildman–Crippen MR) is 74.6 cm³/mol. The van der Waals surface area contributed by atoms with E-state index in [-0.39, 0.29) is 0 Å². The van der Waals surface area contributed by atoms with Gasteiger partial charge in [0.15, 0.2) is 0 Å². The van der Waals surface area contributed by atoms with Gasteiger partial charge in [-0.15, -0.1) is 0 Å². The molecule has 0 unspecified atom stereocenters. The Labute approximate surface area is 115 Å². The first-order valence-corrected chi connectivity index (χ1v) is 6.61. The lowest BCUT2D eigenvalue weighted by Crippen LogP contribution is -2.21. The zero-order valence-corrected chi connectivity index (χ0v) is 11.9. The fourth-order valence-electron chi connectivity index (χ4n) is 1.59. The molecule has 96 valence electrons. The van der Waals surface area contributed by atoms with E-state index in [0.29, 0.717) is 6.61 Å². The van der Waals surface area contributed by atoms with E-state index in [4.69, 9.17) is 4.74 Å². The van der Waals surface area contributed by atoms with Gasteiger partial charge >= 0.3 is 0 Å². The summed E-state index contributed by atoms with van der Waals surface area (Å²) in [5, 5.41) is 7.43. The van der Waals surface area contributed by atoms with Crippen LogP contribution < -0.4 is 10.1 Å². The molecule has 4 nitrogen and oxygen atoms in total. The first kappa shape index (κ1) is 13.1.